The van der Waals surface area contributed by atoms with Crippen LogP contribution in [0.4, 0.5) is 0 Å². The second-order valence-corrected chi connectivity index (χ2v) is 4.15. The zero-order valence-electron chi connectivity index (χ0n) is 9.74. The first kappa shape index (κ1) is 11.3. The predicted molar refractivity (Wildman–Crippen MR) is 63.9 cm³/mol. The van der Waals surface area contributed by atoms with Gasteiger partial charge in [-0.05, 0) is 37.5 Å². The fourth-order valence-corrected chi connectivity index (χ4v) is 1.90. The maximum atomic E-state index is 6.11. The summed E-state index contributed by atoms with van der Waals surface area (Å²) in [5.41, 5.74) is 7.18. The Kier molecular flexibility index (Phi) is 3.67. The molecule has 0 radical (unpaired) electrons. The van der Waals surface area contributed by atoms with Crippen LogP contribution in [0.1, 0.15) is 37.8 Å². The molecule has 1 aromatic rings. The summed E-state index contributed by atoms with van der Waals surface area (Å²) in [4.78, 5) is 0. The maximum Gasteiger partial charge on any atom is 0.124 e. The summed E-state index contributed by atoms with van der Waals surface area (Å²) in [7, 11) is 0. The van der Waals surface area contributed by atoms with E-state index in [1.165, 1.54) is 0 Å². The summed E-state index contributed by atoms with van der Waals surface area (Å²) in [6, 6.07) is 6.00. The van der Waals surface area contributed by atoms with Gasteiger partial charge >= 0.3 is 0 Å². The van der Waals surface area contributed by atoms with Crippen LogP contribution in [0.25, 0.3) is 0 Å². The summed E-state index contributed by atoms with van der Waals surface area (Å²) in [5.74, 6) is 1.80. The second kappa shape index (κ2) is 5.21. The minimum Gasteiger partial charge on any atom is -0.494 e. The van der Waals surface area contributed by atoms with Crippen LogP contribution < -0.4 is 15.2 Å². The van der Waals surface area contributed by atoms with Crippen molar-refractivity contribution in [1.29, 1.82) is 0 Å². The molecule has 0 aliphatic carbocycles. The molecule has 0 aromatic heterocycles. The van der Waals surface area contributed by atoms with Crippen molar-refractivity contribution in [1.82, 2.24) is 0 Å². The van der Waals surface area contributed by atoms with Crippen LogP contribution >= 0.6 is 0 Å². The van der Waals surface area contributed by atoms with E-state index in [4.69, 9.17) is 15.2 Å². The lowest BCUT2D eigenvalue weighted by Gasteiger charge is -2.13. The van der Waals surface area contributed by atoms with Gasteiger partial charge in [0.05, 0.1) is 13.2 Å². The third-order valence-corrected chi connectivity index (χ3v) is 2.77. The lowest BCUT2D eigenvalue weighted by Crippen LogP contribution is -2.09. The summed E-state index contributed by atoms with van der Waals surface area (Å²) < 4.78 is 11.2. The van der Waals surface area contributed by atoms with Gasteiger partial charge in [-0.1, -0.05) is 6.92 Å². The zero-order valence-corrected chi connectivity index (χ0v) is 9.74. The minimum atomic E-state index is 0.0719. The standard InChI is InChI=1S/C13H19NO2/c1-2-7-15-10-5-6-13-11(9-10)12(14)4-3-8-16-13/h5-6,9,12H,2-4,7-8,14H2,1H3/t12-/m0/s1. The van der Waals surface area contributed by atoms with E-state index in [1.807, 2.05) is 18.2 Å². The van der Waals surface area contributed by atoms with Crippen molar-refractivity contribution in [3.63, 3.8) is 0 Å². The van der Waals surface area contributed by atoms with Gasteiger partial charge < -0.3 is 15.2 Å². The molecule has 16 heavy (non-hydrogen) atoms. The Morgan fingerprint density at radius 1 is 1.50 bits per heavy atom. The van der Waals surface area contributed by atoms with Crippen molar-refractivity contribution in [3.8, 4) is 11.5 Å². The molecule has 1 aliphatic heterocycles. The van der Waals surface area contributed by atoms with E-state index in [0.717, 1.165) is 49.5 Å². The Bertz CT molecular complexity index is 352. The van der Waals surface area contributed by atoms with E-state index < -0.39 is 0 Å². The van der Waals surface area contributed by atoms with Crippen molar-refractivity contribution in [2.75, 3.05) is 13.2 Å². The molecule has 88 valence electrons. The Balaban J connectivity index is 2.21. The van der Waals surface area contributed by atoms with Crippen LogP contribution in [-0.4, -0.2) is 13.2 Å². The van der Waals surface area contributed by atoms with Crippen LogP contribution in [0.2, 0.25) is 0 Å². The first-order valence-electron chi connectivity index (χ1n) is 5.96. The van der Waals surface area contributed by atoms with E-state index in [0.29, 0.717) is 0 Å². The molecule has 3 heteroatoms. The molecule has 0 spiro atoms. The van der Waals surface area contributed by atoms with Gasteiger partial charge in [-0.25, -0.2) is 0 Å². The van der Waals surface area contributed by atoms with Crippen LogP contribution in [0.5, 0.6) is 11.5 Å². The van der Waals surface area contributed by atoms with Crippen molar-refractivity contribution in [3.05, 3.63) is 23.8 Å². The average Bonchev–Trinajstić information content (AvgIpc) is 2.49. The van der Waals surface area contributed by atoms with Gasteiger partial charge in [-0.15, -0.1) is 0 Å². The van der Waals surface area contributed by atoms with Crippen molar-refractivity contribution >= 4 is 0 Å². The molecule has 2 rings (SSSR count). The van der Waals surface area contributed by atoms with Crippen molar-refractivity contribution in [2.24, 2.45) is 5.73 Å². The highest BCUT2D eigenvalue weighted by atomic mass is 16.5. The van der Waals surface area contributed by atoms with Gasteiger partial charge in [0, 0.05) is 11.6 Å². The number of fused-ring (bicyclic) bond motifs is 1. The molecular weight excluding hydrogens is 202 g/mol. The molecule has 2 N–H and O–H groups in total. The third kappa shape index (κ3) is 2.47. The first-order valence-corrected chi connectivity index (χ1v) is 5.96. The molecule has 0 saturated heterocycles. The Labute approximate surface area is 96.5 Å². The fourth-order valence-electron chi connectivity index (χ4n) is 1.90. The molecule has 3 nitrogen and oxygen atoms in total. The molecule has 1 aromatic carbocycles. The predicted octanol–water partition coefficient (Wildman–Crippen LogP) is 2.65. The van der Waals surface area contributed by atoms with Crippen LogP contribution in [-0.2, 0) is 0 Å². The van der Waals surface area contributed by atoms with Gasteiger partial charge in [0.15, 0.2) is 0 Å². The van der Waals surface area contributed by atoms with Gasteiger partial charge in [-0.2, -0.15) is 0 Å². The van der Waals surface area contributed by atoms with E-state index in [1.54, 1.807) is 0 Å². The molecule has 0 saturated carbocycles. The molecule has 1 atom stereocenters. The average molecular weight is 221 g/mol. The number of nitrogens with two attached hydrogens (primary N) is 1. The van der Waals surface area contributed by atoms with Crippen molar-refractivity contribution < 1.29 is 9.47 Å². The lowest BCUT2D eigenvalue weighted by molar-refractivity contribution is 0.309. The molecule has 1 aliphatic rings. The molecular formula is C13H19NO2. The number of hydrogen-bond donors (Lipinski definition) is 1. The highest BCUT2D eigenvalue weighted by Crippen LogP contribution is 2.32. The van der Waals surface area contributed by atoms with E-state index in [-0.39, 0.29) is 6.04 Å². The number of hydrogen-bond acceptors (Lipinski definition) is 3. The number of benzene rings is 1. The highest BCUT2D eigenvalue weighted by molar-refractivity contribution is 5.42. The van der Waals surface area contributed by atoms with Crippen LogP contribution in [0.3, 0.4) is 0 Å². The molecule has 1 heterocycles. The third-order valence-electron chi connectivity index (χ3n) is 2.77. The van der Waals surface area contributed by atoms with E-state index >= 15 is 0 Å². The van der Waals surface area contributed by atoms with E-state index in [9.17, 15) is 0 Å². The highest BCUT2D eigenvalue weighted by Gasteiger charge is 2.16. The molecule has 0 fully saturated rings. The lowest BCUT2D eigenvalue weighted by atomic mass is 10.0. The topological polar surface area (TPSA) is 44.5 Å². The van der Waals surface area contributed by atoms with Gasteiger partial charge in [0.2, 0.25) is 0 Å². The number of rotatable bonds is 3. The quantitative estimate of drug-likeness (QED) is 0.853. The molecule has 0 unspecified atom stereocenters. The SMILES string of the molecule is CCCOc1ccc2c(c1)[C@@H](N)CCCO2. The molecule has 0 bridgehead atoms. The van der Waals surface area contributed by atoms with Crippen molar-refractivity contribution in [2.45, 2.75) is 32.2 Å². The van der Waals surface area contributed by atoms with Crippen LogP contribution in [0.15, 0.2) is 18.2 Å². The largest absolute Gasteiger partial charge is 0.494 e. The Hall–Kier alpha value is -1.22. The Morgan fingerprint density at radius 2 is 2.38 bits per heavy atom. The normalized spacial score (nSPS) is 19.5. The fraction of sp³-hybridized carbons (Fsp3) is 0.538. The summed E-state index contributed by atoms with van der Waals surface area (Å²) in [6.45, 7) is 3.60. The summed E-state index contributed by atoms with van der Waals surface area (Å²) >= 11 is 0. The Morgan fingerprint density at radius 3 is 3.19 bits per heavy atom. The zero-order chi connectivity index (χ0) is 11.4. The monoisotopic (exact) mass is 221 g/mol. The summed E-state index contributed by atoms with van der Waals surface area (Å²) in [6.07, 6.45) is 3.00. The molecule has 0 amide bonds. The van der Waals surface area contributed by atoms with Crippen LogP contribution in [0, 0.1) is 0 Å². The maximum absolute atomic E-state index is 6.11. The first-order chi connectivity index (χ1) is 7.81. The summed E-state index contributed by atoms with van der Waals surface area (Å²) in [5, 5.41) is 0. The minimum absolute atomic E-state index is 0.0719. The van der Waals surface area contributed by atoms with Gasteiger partial charge in [0.1, 0.15) is 11.5 Å². The van der Waals surface area contributed by atoms with E-state index in [2.05, 4.69) is 6.92 Å². The van der Waals surface area contributed by atoms with Gasteiger partial charge in [-0.3, -0.25) is 0 Å². The number of ether oxygens (including phenoxy) is 2. The smallest absolute Gasteiger partial charge is 0.124 e. The second-order valence-electron chi connectivity index (χ2n) is 4.15. The van der Waals surface area contributed by atoms with Gasteiger partial charge in [0.25, 0.3) is 0 Å².